The van der Waals surface area contributed by atoms with E-state index in [9.17, 15) is 9.59 Å². The summed E-state index contributed by atoms with van der Waals surface area (Å²) in [6.07, 6.45) is 6.08. The molecular formula is C11H16O3. The molecule has 0 amide bonds. The molecule has 0 aromatic carbocycles. The Labute approximate surface area is 84.1 Å². The van der Waals surface area contributed by atoms with E-state index in [0.717, 1.165) is 0 Å². The van der Waals surface area contributed by atoms with Crippen LogP contribution >= 0.6 is 0 Å². The molecule has 1 atom stereocenters. The van der Waals surface area contributed by atoms with Crippen molar-refractivity contribution in [2.75, 3.05) is 6.61 Å². The highest BCUT2D eigenvalue weighted by Gasteiger charge is 2.17. The summed E-state index contributed by atoms with van der Waals surface area (Å²) in [5, 5.41) is 8.91. The minimum Gasteiger partial charge on any atom is -0.396 e. The lowest BCUT2D eigenvalue weighted by Gasteiger charge is -2.07. The Morgan fingerprint density at radius 1 is 1.21 bits per heavy atom. The van der Waals surface area contributed by atoms with Crippen molar-refractivity contribution in [2.24, 2.45) is 5.92 Å². The van der Waals surface area contributed by atoms with Crippen molar-refractivity contribution >= 4 is 11.6 Å². The Morgan fingerprint density at radius 2 is 1.79 bits per heavy atom. The van der Waals surface area contributed by atoms with Crippen LogP contribution in [0.4, 0.5) is 0 Å². The Kier molecular flexibility index (Phi) is 6.58. The third kappa shape index (κ3) is 4.72. The predicted octanol–water partition coefficient (Wildman–Crippen LogP) is 1.28. The number of hydrogen-bond donors (Lipinski definition) is 1. The quantitative estimate of drug-likeness (QED) is 0.651. The number of rotatable bonds is 6. The maximum atomic E-state index is 11.3. The highest BCUT2D eigenvalue weighted by molar-refractivity contribution is 5.97. The number of aliphatic hydroxyl groups is 1. The summed E-state index contributed by atoms with van der Waals surface area (Å²) in [6, 6.07) is 0. The summed E-state index contributed by atoms with van der Waals surface area (Å²) >= 11 is 0. The number of allylic oxidation sites excluding steroid dienone is 4. The second kappa shape index (κ2) is 7.21. The summed E-state index contributed by atoms with van der Waals surface area (Å²) in [4.78, 5) is 22.4. The molecule has 0 aromatic rings. The first-order chi connectivity index (χ1) is 6.65. The SMILES string of the molecule is CC=CC(=O)CC(CO)C(=O)C=CC. The Morgan fingerprint density at radius 3 is 2.21 bits per heavy atom. The molecule has 3 nitrogen and oxygen atoms in total. The summed E-state index contributed by atoms with van der Waals surface area (Å²) < 4.78 is 0. The van der Waals surface area contributed by atoms with E-state index in [1.54, 1.807) is 26.0 Å². The van der Waals surface area contributed by atoms with Crippen molar-refractivity contribution in [3.05, 3.63) is 24.3 Å². The molecule has 0 fully saturated rings. The van der Waals surface area contributed by atoms with Crippen LogP contribution in [0.1, 0.15) is 20.3 Å². The summed E-state index contributed by atoms with van der Waals surface area (Å²) in [6.45, 7) is 3.17. The molecule has 0 saturated carbocycles. The second-order valence-corrected chi connectivity index (χ2v) is 2.95. The number of hydrogen-bond acceptors (Lipinski definition) is 3. The number of carbonyl (C=O) groups excluding carboxylic acids is 2. The third-order valence-corrected chi connectivity index (χ3v) is 1.75. The van der Waals surface area contributed by atoms with Gasteiger partial charge in [-0.05, 0) is 26.0 Å². The molecule has 0 radical (unpaired) electrons. The van der Waals surface area contributed by atoms with E-state index in [4.69, 9.17) is 5.11 Å². The maximum absolute atomic E-state index is 11.3. The van der Waals surface area contributed by atoms with Gasteiger partial charge in [0.2, 0.25) is 0 Å². The van der Waals surface area contributed by atoms with E-state index in [0.29, 0.717) is 0 Å². The molecule has 0 spiro atoms. The molecule has 1 unspecified atom stereocenters. The van der Waals surface area contributed by atoms with Gasteiger partial charge in [-0.3, -0.25) is 9.59 Å². The summed E-state index contributed by atoms with van der Waals surface area (Å²) in [5.41, 5.74) is 0. The van der Waals surface area contributed by atoms with Crippen molar-refractivity contribution < 1.29 is 14.7 Å². The van der Waals surface area contributed by atoms with Crippen LogP contribution in [-0.4, -0.2) is 23.3 Å². The fraction of sp³-hybridized carbons (Fsp3) is 0.455. The molecule has 3 heteroatoms. The van der Waals surface area contributed by atoms with Gasteiger partial charge >= 0.3 is 0 Å². The van der Waals surface area contributed by atoms with Crippen molar-refractivity contribution in [3.8, 4) is 0 Å². The standard InChI is InChI=1S/C11H16O3/c1-3-5-10(13)7-9(8-12)11(14)6-4-2/h3-6,9,12H,7-8H2,1-2H3. The van der Waals surface area contributed by atoms with Crippen LogP contribution in [0, 0.1) is 5.92 Å². The van der Waals surface area contributed by atoms with E-state index < -0.39 is 5.92 Å². The average Bonchev–Trinajstić information content (AvgIpc) is 2.15. The van der Waals surface area contributed by atoms with Crippen molar-refractivity contribution in [2.45, 2.75) is 20.3 Å². The number of aliphatic hydroxyl groups excluding tert-OH is 1. The van der Waals surface area contributed by atoms with Crippen LogP contribution in [-0.2, 0) is 9.59 Å². The van der Waals surface area contributed by atoms with Gasteiger partial charge in [0.25, 0.3) is 0 Å². The van der Waals surface area contributed by atoms with Crippen molar-refractivity contribution in [1.82, 2.24) is 0 Å². The molecular weight excluding hydrogens is 180 g/mol. The molecule has 14 heavy (non-hydrogen) atoms. The van der Waals surface area contributed by atoms with Crippen molar-refractivity contribution in [1.29, 1.82) is 0 Å². The van der Waals surface area contributed by atoms with E-state index in [-0.39, 0.29) is 24.6 Å². The lowest BCUT2D eigenvalue weighted by Crippen LogP contribution is -2.19. The molecule has 1 N–H and O–H groups in total. The van der Waals surface area contributed by atoms with Gasteiger partial charge in [-0.1, -0.05) is 12.2 Å². The average molecular weight is 196 g/mol. The lowest BCUT2D eigenvalue weighted by atomic mass is 9.98. The molecule has 0 aromatic heterocycles. The zero-order chi connectivity index (χ0) is 11.0. The van der Waals surface area contributed by atoms with E-state index in [1.807, 2.05) is 0 Å². The van der Waals surface area contributed by atoms with Gasteiger partial charge in [-0.15, -0.1) is 0 Å². The topological polar surface area (TPSA) is 54.4 Å². The van der Waals surface area contributed by atoms with Crippen LogP contribution in [0.2, 0.25) is 0 Å². The molecule has 0 aliphatic rings. The molecule has 0 bridgehead atoms. The molecule has 0 heterocycles. The van der Waals surface area contributed by atoms with Gasteiger partial charge in [0.05, 0.1) is 12.5 Å². The van der Waals surface area contributed by atoms with E-state index in [2.05, 4.69) is 0 Å². The Bertz CT molecular complexity index is 251. The third-order valence-electron chi connectivity index (χ3n) is 1.75. The largest absolute Gasteiger partial charge is 0.396 e. The van der Waals surface area contributed by atoms with Gasteiger partial charge in [0.1, 0.15) is 0 Å². The van der Waals surface area contributed by atoms with Gasteiger partial charge in [0, 0.05) is 6.42 Å². The molecule has 0 aliphatic carbocycles. The van der Waals surface area contributed by atoms with Gasteiger partial charge < -0.3 is 5.11 Å². The normalized spacial score (nSPS) is 13.6. The first kappa shape index (κ1) is 12.8. The Hall–Kier alpha value is -1.22. The van der Waals surface area contributed by atoms with Crippen LogP contribution in [0.3, 0.4) is 0 Å². The first-order valence-corrected chi connectivity index (χ1v) is 4.58. The zero-order valence-corrected chi connectivity index (χ0v) is 8.56. The van der Waals surface area contributed by atoms with Crippen LogP contribution < -0.4 is 0 Å². The van der Waals surface area contributed by atoms with Crippen molar-refractivity contribution in [3.63, 3.8) is 0 Å². The van der Waals surface area contributed by atoms with Gasteiger partial charge in [-0.25, -0.2) is 0 Å². The van der Waals surface area contributed by atoms with E-state index in [1.165, 1.54) is 12.2 Å². The first-order valence-electron chi connectivity index (χ1n) is 4.58. The molecule has 78 valence electrons. The Balaban J connectivity index is 4.28. The smallest absolute Gasteiger partial charge is 0.161 e. The van der Waals surface area contributed by atoms with Gasteiger partial charge in [-0.2, -0.15) is 0 Å². The maximum Gasteiger partial charge on any atom is 0.161 e. The minimum atomic E-state index is -0.602. The van der Waals surface area contributed by atoms with Gasteiger partial charge in [0.15, 0.2) is 11.6 Å². The molecule has 0 saturated heterocycles. The zero-order valence-electron chi connectivity index (χ0n) is 8.56. The number of carbonyl (C=O) groups is 2. The fourth-order valence-electron chi connectivity index (χ4n) is 1.05. The monoisotopic (exact) mass is 196 g/mol. The van der Waals surface area contributed by atoms with E-state index >= 15 is 0 Å². The van der Waals surface area contributed by atoms with Crippen LogP contribution in [0.15, 0.2) is 24.3 Å². The molecule has 0 aliphatic heterocycles. The highest BCUT2D eigenvalue weighted by Crippen LogP contribution is 2.06. The van der Waals surface area contributed by atoms with Crippen LogP contribution in [0.5, 0.6) is 0 Å². The second-order valence-electron chi connectivity index (χ2n) is 2.95. The van der Waals surface area contributed by atoms with Crippen LogP contribution in [0.25, 0.3) is 0 Å². The summed E-state index contributed by atoms with van der Waals surface area (Å²) in [7, 11) is 0. The lowest BCUT2D eigenvalue weighted by molar-refractivity contribution is -0.124. The highest BCUT2D eigenvalue weighted by atomic mass is 16.3. The summed E-state index contributed by atoms with van der Waals surface area (Å²) in [5.74, 6) is -0.938. The fourth-order valence-corrected chi connectivity index (χ4v) is 1.05. The molecule has 0 rings (SSSR count). The predicted molar refractivity (Wildman–Crippen MR) is 54.8 cm³/mol. The minimum absolute atomic E-state index is 0.0734. The number of ketones is 2.